The van der Waals surface area contributed by atoms with E-state index in [1.165, 1.54) is 103 Å². The number of unbranched alkanes of at least 4 members (excludes halogenated alkanes) is 20. The lowest BCUT2D eigenvalue weighted by Crippen LogP contribution is -2.34. The first-order valence-electron chi connectivity index (χ1n) is 23.8. The van der Waals surface area contributed by atoms with E-state index in [1.807, 2.05) is 12.2 Å². The van der Waals surface area contributed by atoms with E-state index < -0.39 is 51.1 Å². The second-order valence-corrected chi connectivity index (χ2v) is 17.3. The molecule has 0 aromatic heterocycles. The van der Waals surface area contributed by atoms with Gasteiger partial charge in [0.1, 0.15) is 12.6 Å². The third kappa shape index (κ3) is 43.6. The highest BCUT2D eigenvalue weighted by atomic mass is 31.2. The van der Waals surface area contributed by atoms with Gasteiger partial charge in [-0.25, -0.2) is 4.57 Å². The van der Waals surface area contributed by atoms with Crippen LogP contribution in [0.1, 0.15) is 200 Å². The van der Waals surface area contributed by atoms with Gasteiger partial charge in [-0.1, -0.05) is 197 Å². The maximum absolute atomic E-state index is 12.6. The van der Waals surface area contributed by atoms with Gasteiger partial charge in [0.25, 0.3) is 0 Å². The van der Waals surface area contributed by atoms with Gasteiger partial charge in [-0.15, -0.1) is 0 Å². The van der Waals surface area contributed by atoms with E-state index in [1.54, 1.807) is 0 Å². The molecule has 11 nitrogen and oxygen atoms in total. The SMILES string of the molecule is CC/C=C\C/C=C\C/C=C\C/C=C\C/C=C\CCCC(=O)OC(COC(=O)CCCCCCCCCCCCCCCCCCCCCC)COP(=O)(O)OCC(N)C(=O)O. The van der Waals surface area contributed by atoms with Crippen LogP contribution >= 0.6 is 7.82 Å². The molecule has 0 aliphatic rings. The van der Waals surface area contributed by atoms with Crippen LogP contribution in [-0.4, -0.2) is 59.9 Å². The number of carboxylic acid groups (broad SMARTS) is 1. The molecule has 0 radical (unpaired) electrons. The van der Waals surface area contributed by atoms with Crippen molar-refractivity contribution in [3.8, 4) is 0 Å². The fraction of sp³-hybridized carbons (Fsp3) is 0.735. The van der Waals surface area contributed by atoms with E-state index >= 15 is 0 Å². The number of hydrogen-bond donors (Lipinski definition) is 3. The Hall–Kier alpha value is -2.82. The van der Waals surface area contributed by atoms with Crippen LogP contribution < -0.4 is 5.73 Å². The lowest BCUT2D eigenvalue weighted by atomic mass is 10.0. The van der Waals surface area contributed by atoms with Crippen LogP contribution in [0.3, 0.4) is 0 Å². The number of carbonyl (C=O) groups is 3. The molecule has 61 heavy (non-hydrogen) atoms. The van der Waals surface area contributed by atoms with Gasteiger partial charge in [-0.05, 0) is 51.4 Å². The van der Waals surface area contributed by atoms with Crippen molar-refractivity contribution in [2.45, 2.75) is 212 Å². The van der Waals surface area contributed by atoms with E-state index in [9.17, 15) is 23.8 Å². The molecule has 0 aromatic rings. The fourth-order valence-electron chi connectivity index (χ4n) is 6.34. The molecule has 0 saturated heterocycles. The molecule has 0 aromatic carbocycles. The lowest BCUT2D eigenvalue weighted by molar-refractivity contribution is -0.161. The summed E-state index contributed by atoms with van der Waals surface area (Å²) < 4.78 is 32.7. The molecule has 0 bridgehead atoms. The Morgan fingerprint density at radius 1 is 0.525 bits per heavy atom. The van der Waals surface area contributed by atoms with Gasteiger partial charge >= 0.3 is 25.7 Å². The highest BCUT2D eigenvalue weighted by Gasteiger charge is 2.28. The van der Waals surface area contributed by atoms with Crippen molar-refractivity contribution in [2.24, 2.45) is 5.73 Å². The molecule has 0 spiro atoms. The third-order valence-electron chi connectivity index (χ3n) is 10.0. The van der Waals surface area contributed by atoms with Crippen LogP contribution in [0.15, 0.2) is 60.8 Å². The Bertz CT molecular complexity index is 1260. The minimum absolute atomic E-state index is 0.0823. The number of esters is 2. The Labute approximate surface area is 370 Å². The largest absolute Gasteiger partial charge is 0.480 e. The van der Waals surface area contributed by atoms with Crippen LogP contribution in [0.5, 0.6) is 0 Å². The molecule has 4 N–H and O–H groups in total. The third-order valence-corrected chi connectivity index (χ3v) is 11.0. The molecule has 0 heterocycles. The van der Waals surface area contributed by atoms with E-state index in [-0.39, 0.29) is 19.4 Å². The molecule has 3 atom stereocenters. The summed E-state index contributed by atoms with van der Waals surface area (Å²) in [6, 6.07) is -1.53. The monoisotopic (exact) mass is 880 g/mol. The van der Waals surface area contributed by atoms with E-state index in [2.05, 4.69) is 67.0 Å². The number of nitrogens with two attached hydrogens (primary N) is 1. The van der Waals surface area contributed by atoms with Crippen LogP contribution in [0.2, 0.25) is 0 Å². The maximum Gasteiger partial charge on any atom is 0.472 e. The van der Waals surface area contributed by atoms with Crippen molar-refractivity contribution in [1.82, 2.24) is 0 Å². The smallest absolute Gasteiger partial charge is 0.472 e. The summed E-state index contributed by atoms with van der Waals surface area (Å²) in [5.74, 6) is -2.45. The van der Waals surface area contributed by atoms with Crippen molar-refractivity contribution in [1.29, 1.82) is 0 Å². The number of rotatable bonds is 44. The predicted molar refractivity (Wildman–Crippen MR) is 249 cm³/mol. The fourth-order valence-corrected chi connectivity index (χ4v) is 7.11. The molecule has 0 rings (SSSR count). The Morgan fingerprint density at radius 2 is 0.918 bits per heavy atom. The first-order chi connectivity index (χ1) is 29.6. The maximum atomic E-state index is 12.6. The van der Waals surface area contributed by atoms with Crippen molar-refractivity contribution in [3.63, 3.8) is 0 Å². The zero-order valence-corrected chi connectivity index (χ0v) is 39.1. The van der Waals surface area contributed by atoms with Gasteiger partial charge in [-0.2, -0.15) is 0 Å². The van der Waals surface area contributed by atoms with Crippen LogP contribution in [0.25, 0.3) is 0 Å². The van der Waals surface area contributed by atoms with Crippen LogP contribution in [0.4, 0.5) is 0 Å². The number of allylic oxidation sites excluding steroid dienone is 10. The Morgan fingerprint density at radius 3 is 1.36 bits per heavy atom. The van der Waals surface area contributed by atoms with Crippen LogP contribution in [0, 0.1) is 0 Å². The number of ether oxygens (including phenoxy) is 2. The standard InChI is InChI=1S/C49H86NO10P/c1-3-5-7-9-11-13-15-17-19-21-22-23-25-26-28-30-32-34-36-38-40-47(51)57-42-45(43-58-61(55,56)59-44-46(50)49(53)54)60-48(52)41-39-37-35-33-31-29-27-24-20-18-16-14-12-10-8-6-4-2/h6,8,12,14,18,20,27,29,33,35,45-46H,3-5,7,9-11,13,15-17,19,21-26,28,30-32,34,36-44,50H2,1-2H3,(H,53,54)(H,55,56)/b8-6-,14-12-,20-18-,29-27-,35-33-. The minimum Gasteiger partial charge on any atom is -0.480 e. The number of aliphatic carboxylic acids is 1. The molecule has 0 aliphatic carbocycles. The summed E-state index contributed by atoms with van der Waals surface area (Å²) in [5.41, 5.74) is 5.34. The number of carboxylic acids is 1. The summed E-state index contributed by atoms with van der Waals surface area (Å²) in [6.45, 7) is 2.65. The first kappa shape index (κ1) is 58.2. The average molecular weight is 880 g/mol. The number of phosphoric ester groups is 1. The van der Waals surface area contributed by atoms with Gasteiger partial charge in [0.2, 0.25) is 0 Å². The summed E-state index contributed by atoms with van der Waals surface area (Å²) in [4.78, 5) is 46.0. The van der Waals surface area contributed by atoms with Gasteiger partial charge < -0.3 is 25.2 Å². The normalized spacial score (nSPS) is 14.2. The summed E-state index contributed by atoms with van der Waals surface area (Å²) in [6.07, 6.45) is 51.5. The Balaban J connectivity index is 4.35. The molecule has 0 saturated carbocycles. The quantitative estimate of drug-likeness (QED) is 0.0230. The lowest BCUT2D eigenvalue weighted by Gasteiger charge is -2.20. The topological polar surface area (TPSA) is 172 Å². The summed E-state index contributed by atoms with van der Waals surface area (Å²) in [5, 5.41) is 8.90. The van der Waals surface area contributed by atoms with Crippen LogP contribution in [-0.2, 0) is 37.5 Å². The molecular formula is C49H86NO10P. The van der Waals surface area contributed by atoms with Gasteiger partial charge in [0, 0.05) is 12.8 Å². The second-order valence-electron chi connectivity index (χ2n) is 15.9. The zero-order valence-electron chi connectivity index (χ0n) is 38.2. The van der Waals surface area contributed by atoms with Crippen molar-refractivity contribution >= 4 is 25.7 Å². The van der Waals surface area contributed by atoms with Crippen molar-refractivity contribution < 1.29 is 47.5 Å². The first-order valence-corrected chi connectivity index (χ1v) is 25.3. The van der Waals surface area contributed by atoms with E-state index in [0.29, 0.717) is 19.3 Å². The second kappa shape index (κ2) is 43.8. The summed E-state index contributed by atoms with van der Waals surface area (Å²) >= 11 is 0. The molecule has 0 aliphatic heterocycles. The van der Waals surface area contributed by atoms with E-state index in [0.717, 1.165) is 51.4 Å². The number of phosphoric acid groups is 1. The molecular weight excluding hydrogens is 794 g/mol. The number of hydrogen-bond acceptors (Lipinski definition) is 9. The molecule has 352 valence electrons. The molecule has 0 fully saturated rings. The molecule has 12 heteroatoms. The van der Waals surface area contributed by atoms with Gasteiger partial charge in [0.15, 0.2) is 6.10 Å². The van der Waals surface area contributed by atoms with Crippen molar-refractivity contribution in [3.05, 3.63) is 60.8 Å². The summed E-state index contributed by atoms with van der Waals surface area (Å²) in [7, 11) is -4.74. The van der Waals surface area contributed by atoms with Gasteiger partial charge in [-0.3, -0.25) is 23.4 Å². The number of carbonyl (C=O) groups excluding carboxylic acids is 2. The van der Waals surface area contributed by atoms with Crippen molar-refractivity contribution in [2.75, 3.05) is 19.8 Å². The average Bonchev–Trinajstić information content (AvgIpc) is 3.24. The Kier molecular flexibility index (Phi) is 41.8. The molecule has 0 amide bonds. The molecule has 3 unspecified atom stereocenters. The zero-order chi connectivity index (χ0) is 44.9. The highest BCUT2D eigenvalue weighted by Crippen LogP contribution is 2.43. The highest BCUT2D eigenvalue weighted by molar-refractivity contribution is 7.47. The predicted octanol–water partition coefficient (Wildman–Crippen LogP) is 13.1. The van der Waals surface area contributed by atoms with E-state index in [4.69, 9.17) is 24.8 Å². The van der Waals surface area contributed by atoms with Gasteiger partial charge in [0.05, 0.1) is 13.2 Å². The minimum atomic E-state index is -4.74.